The molecule has 0 aromatic carbocycles. The molecule has 13 heavy (non-hydrogen) atoms. The summed E-state index contributed by atoms with van der Waals surface area (Å²) in [7, 11) is 0. The zero-order valence-corrected chi connectivity index (χ0v) is 8.97. The normalized spacial score (nSPS) is 9.69. The van der Waals surface area contributed by atoms with E-state index in [1.807, 2.05) is 19.1 Å². The molecule has 0 radical (unpaired) electrons. The summed E-state index contributed by atoms with van der Waals surface area (Å²) in [5.41, 5.74) is 0.900. The number of alkyl halides is 1. The van der Waals surface area contributed by atoms with Crippen molar-refractivity contribution < 1.29 is 4.79 Å². The standard InChI is InChI=1S/C9H11BrN2O/c1-7-3-2-4-8(11-7)12-9(13)5-6-10/h2-4H,5-6H2,1H3,(H,11,12,13). The predicted molar refractivity (Wildman–Crippen MR) is 56.0 cm³/mol. The number of carbonyl (C=O) groups is 1. The Labute approximate surface area is 85.7 Å². The number of nitrogens with one attached hydrogen (secondary N) is 1. The number of aryl methyl sites for hydroxylation is 1. The smallest absolute Gasteiger partial charge is 0.226 e. The molecule has 3 nitrogen and oxygen atoms in total. The number of anilines is 1. The maximum atomic E-state index is 11.1. The summed E-state index contributed by atoms with van der Waals surface area (Å²) in [6, 6.07) is 5.53. The van der Waals surface area contributed by atoms with Crippen LogP contribution in [0.1, 0.15) is 12.1 Å². The first-order valence-electron chi connectivity index (χ1n) is 4.02. The predicted octanol–water partition coefficient (Wildman–Crippen LogP) is 2.11. The lowest BCUT2D eigenvalue weighted by Gasteiger charge is -2.02. The van der Waals surface area contributed by atoms with E-state index in [-0.39, 0.29) is 5.91 Å². The number of carbonyl (C=O) groups excluding carboxylic acids is 1. The SMILES string of the molecule is Cc1cccc(NC(=O)CCBr)n1. The number of hydrogen-bond donors (Lipinski definition) is 1. The first-order chi connectivity index (χ1) is 6.22. The van der Waals surface area contributed by atoms with Crippen molar-refractivity contribution in [2.75, 3.05) is 10.6 Å². The molecule has 1 N–H and O–H groups in total. The average Bonchev–Trinajstić information content (AvgIpc) is 2.04. The molecule has 0 aliphatic rings. The van der Waals surface area contributed by atoms with Crippen molar-refractivity contribution in [3.8, 4) is 0 Å². The van der Waals surface area contributed by atoms with E-state index in [0.29, 0.717) is 17.6 Å². The monoisotopic (exact) mass is 242 g/mol. The van der Waals surface area contributed by atoms with E-state index in [2.05, 4.69) is 26.2 Å². The van der Waals surface area contributed by atoms with Gasteiger partial charge in [-0.1, -0.05) is 22.0 Å². The van der Waals surface area contributed by atoms with Gasteiger partial charge in [-0.3, -0.25) is 4.79 Å². The Morgan fingerprint density at radius 2 is 2.38 bits per heavy atom. The molecular formula is C9H11BrN2O. The van der Waals surface area contributed by atoms with Crippen molar-refractivity contribution in [1.82, 2.24) is 4.98 Å². The number of amides is 1. The molecule has 1 amide bonds. The molecule has 0 atom stereocenters. The highest BCUT2D eigenvalue weighted by molar-refractivity contribution is 9.09. The van der Waals surface area contributed by atoms with Crippen LogP contribution in [0.25, 0.3) is 0 Å². The number of pyridine rings is 1. The molecule has 0 unspecified atom stereocenters. The topological polar surface area (TPSA) is 42.0 Å². The van der Waals surface area contributed by atoms with Gasteiger partial charge in [0.2, 0.25) is 5.91 Å². The second kappa shape index (κ2) is 4.97. The summed E-state index contributed by atoms with van der Waals surface area (Å²) in [6.07, 6.45) is 0.468. The summed E-state index contributed by atoms with van der Waals surface area (Å²) in [4.78, 5) is 15.3. The van der Waals surface area contributed by atoms with Gasteiger partial charge >= 0.3 is 0 Å². The maximum absolute atomic E-state index is 11.1. The lowest BCUT2D eigenvalue weighted by Crippen LogP contribution is -2.12. The number of hydrogen-bond acceptors (Lipinski definition) is 2. The molecule has 1 rings (SSSR count). The van der Waals surface area contributed by atoms with Crippen LogP contribution in [0.15, 0.2) is 18.2 Å². The van der Waals surface area contributed by atoms with Crippen LogP contribution < -0.4 is 5.32 Å². The van der Waals surface area contributed by atoms with E-state index < -0.39 is 0 Å². The Balaban J connectivity index is 2.58. The van der Waals surface area contributed by atoms with Gasteiger partial charge < -0.3 is 5.32 Å². The van der Waals surface area contributed by atoms with E-state index in [4.69, 9.17) is 0 Å². The van der Waals surface area contributed by atoms with Gasteiger partial charge in [-0.05, 0) is 19.1 Å². The highest BCUT2D eigenvalue weighted by Gasteiger charge is 2.00. The van der Waals surface area contributed by atoms with Gasteiger partial charge in [0.05, 0.1) is 0 Å². The Bertz CT molecular complexity index is 301. The lowest BCUT2D eigenvalue weighted by atomic mass is 10.3. The molecule has 0 aliphatic heterocycles. The average molecular weight is 243 g/mol. The molecule has 0 fully saturated rings. The van der Waals surface area contributed by atoms with Gasteiger partial charge in [-0.15, -0.1) is 0 Å². The van der Waals surface area contributed by atoms with E-state index in [1.54, 1.807) is 6.07 Å². The van der Waals surface area contributed by atoms with Crippen molar-refractivity contribution in [2.45, 2.75) is 13.3 Å². The summed E-state index contributed by atoms with van der Waals surface area (Å²) in [5, 5.41) is 3.37. The van der Waals surface area contributed by atoms with Crippen molar-refractivity contribution in [1.29, 1.82) is 0 Å². The Morgan fingerprint density at radius 1 is 1.62 bits per heavy atom. The van der Waals surface area contributed by atoms with Gasteiger partial charge in [0.1, 0.15) is 5.82 Å². The van der Waals surface area contributed by atoms with Crippen LogP contribution in [0.5, 0.6) is 0 Å². The zero-order valence-electron chi connectivity index (χ0n) is 7.38. The van der Waals surface area contributed by atoms with Gasteiger partial charge in [0, 0.05) is 17.4 Å². The second-order valence-corrected chi connectivity index (χ2v) is 3.44. The highest BCUT2D eigenvalue weighted by atomic mass is 79.9. The van der Waals surface area contributed by atoms with Crippen LogP contribution in [0.3, 0.4) is 0 Å². The van der Waals surface area contributed by atoms with Crippen LogP contribution in [0.2, 0.25) is 0 Å². The van der Waals surface area contributed by atoms with E-state index in [0.717, 1.165) is 5.69 Å². The van der Waals surface area contributed by atoms with Crippen molar-refractivity contribution in [3.05, 3.63) is 23.9 Å². The summed E-state index contributed by atoms with van der Waals surface area (Å²) in [6.45, 7) is 1.89. The molecule has 0 spiro atoms. The summed E-state index contributed by atoms with van der Waals surface area (Å²) >= 11 is 3.20. The molecule has 0 saturated heterocycles. The summed E-state index contributed by atoms with van der Waals surface area (Å²) in [5.74, 6) is 0.598. The number of halogens is 1. The minimum Gasteiger partial charge on any atom is -0.311 e. The quantitative estimate of drug-likeness (QED) is 0.826. The Kier molecular flexibility index (Phi) is 3.89. The molecule has 0 saturated carbocycles. The zero-order chi connectivity index (χ0) is 9.68. The third-order valence-corrected chi connectivity index (χ3v) is 1.87. The molecule has 0 aliphatic carbocycles. The molecule has 1 aromatic heterocycles. The lowest BCUT2D eigenvalue weighted by molar-refractivity contribution is -0.115. The fraction of sp³-hybridized carbons (Fsp3) is 0.333. The fourth-order valence-corrected chi connectivity index (χ4v) is 1.26. The van der Waals surface area contributed by atoms with Gasteiger partial charge in [0.15, 0.2) is 0 Å². The van der Waals surface area contributed by atoms with Crippen LogP contribution in [-0.4, -0.2) is 16.2 Å². The second-order valence-electron chi connectivity index (χ2n) is 2.65. The largest absolute Gasteiger partial charge is 0.311 e. The van der Waals surface area contributed by atoms with Crippen molar-refractivity contribution in [2.24, 2.45) is 0 Å². The van der Waals surface area contributed by atoms with Gasteiger partial charge in [-0.25, -0.2) is 4.98 Å². The fourth-order valence-electron chi connectivity index (χ4n) is 0.904. The van der Waals surface area contributed by atoms with Crippen molar-refractivity contribution in [3.63, 3.8) is 0 Å². The van der Waals surface area contributed by atoms with Crippen LogP contribution in [0, 0.1) is 6.92 Å². The maximum Gasteiger partial charge on any atom is 0.226 e. The van der Waals surface area contributed by atoms with Crippen LogP contribution in [0.4, 0.5) is 5.82 Å². The van der Waals surface area contributed by atoms with E-state index in [9.17, 15) is 4.79 Å². The summed E-state index contributed by atoms with van der Waals surface area (Å²) < 4.78 is 0. The molecule has 70 valence electrons. The van der Waals surface area contributed by atoms with Crippen LogP contribution >= 0.6 is 15.9 Å². The number of aromatic nitrogens is 1. The molecular weight excluding hydrogens is 232 g/mol. The van der Waals surface area contributed by atoms with Crippen molar-refractivity contribution >= 4 is 27.7 Å². The van der Waals surface area contributed by atoms with Gasteiger partial charge in [0.25, 0.3) is 0 Å². The minimum atomic E-state index is -0.0185. The number of rotatable bonds is 3. The Morgan fingerprint density at radius 3 is 3.00 bits per heavy atom. The molecule has 4 heteroatoms. The first kappa shape index (κ1) is 10.2. The highest BCUT2D eigenvalue weighted by Crippen LogP contribution is 2.04. The van der Waals surface area contributed by atoms with Gasteiger partial charge in [-0.2, -0.15) is 0 Å². The third-order valence-electron chi connectivity index (χ3n) is 1.48. The first-order valence-corrected chi connectivity index (χ1v) is 5.14. The Hall–Kier alpha value is -0.900. The molecule has 1 aromatic rings. The van der Waals surface area contributed by atoms with E-state index >= 15 is 0 Å². The minimum absolute atomic E-state index is 0.0185. The van der Waals surface area contributed by atoms with Crippen LogP contribution in [-0.2, 0) is 4.79 Å². The third kappa shape index (κ3) is 3.55. The van der Waals surface area contributed by atoms with E-state index in [1.165, 1.54) is 0 Å². The number of nitrogens with zero attached hydrogens (tertiary/aromatic N) is 1. The molecule has 0 bridgehead atoms. The molecule has 1 heterocycles.